The Morgan fingerprint density at radius 2 is 1.48 bits per heavy atom. The highest BCUT2D eigenvalue weighted by molar-refractivity contribution is 5.69. The SMILES string of the molecule is CCC(=O)OCC(C(C)C)C(CCC(C)C)OC(=O)CC. The maximum absolute atomic E-state index is 11.7. The molecule has 0 saturated carbocycles. The van der Waals surface area contributed by atoms with E-state index in [1.807, 2.05) is 0 Å². The summed E-state index contributed by atoms with van der Waals surface area (Å²) >= 11 is 0. The predicted molar refractivity (Wildman–Crippen MR) is 83.8 cm³/mol. The van der Waals surface area contributed by atoms with Crippen LogP contribution in [-0.2, 0) is 19.1 Å². The van der Waals surface area contributed by atoms with Gasteiger partial charge in [0.15, 0.2) is 0 Å². The van der Waals surface area contributed by atoms with Crippen molar-refractivity contribution in [1.29, 1.82) is 0 Å². The molecule has 0 aromatic heterocycles. The first-order chi connectivity index (χ1) is 9.81. The fraction of sp³-hybridized carbons (Fsp3) is 0.882. The van der Waals surface area contributed by atoms with Crippen molar-refractivity contribution in [2.24, 2.45) is 17.8 Å². The van der Waals surface area contributed by atoms with Crippen LogP contribution in [0.4, 0.5) is 0 Å². The Morgan fingerprint density at radius 3 is 1.90 bits per heavy atom. The summed E-state index contributed by atoms with van der Waals surface area (Å²) < 4.78 is 10.9. The van der Waals surface area contributed by atoms with Gasteiger partial charge in [0.25, 0.3) is 0 Å². The molecule has 0 fully saturated rings. The maximum atomic E-state index is 11.7. The number of esters is 2. The number of carbonyl (C=O) groups excluding carboxylic acids is 2. The van der Waals surface area contributed by atoms with Crippen LogP contribution in [0.3, 0.4) is 0 Å². The highest BCUT2D eigenvalue weighted by Gasteiger charge is 2.29. The van der Waals surface area contributed by atoms with E-state index in [2.05, 4.69) is 27.7 Å². The van der Waals surface area contributed by atoms with Crippen molar-refractivity contribution >= 4 is 11.9 Å². The van der Waals surface area contributed by atoms with E-state index >= 15 is 0 Å². The lowest BCUT2D eigenvalue weighted by Crippen LogP contribution is -2.34. The molecule has 21 heavy (non-hydrogen) atoms. The molecule has 0 aromatic carbocycles. The van der Waals surface area contributed by atoms with Crippen molar-refractivity contribution in [2.45, 2.75) is 73.3 Å². The number of rotatable bonds is 10. The Hall–Kier alpha value is -1.06. The first-order valence-electron chi connectivity index (χ1n) is 8.16. The zero-order chi connectivity index (χ0) is 16.4. The van der Waals surface area contributed by atoms with Gasteiger partial charge in [-0.05, 0) is 24.7 Å². The lowest BCUT2D eigenvalue weighted by Gasteiger charge is -2.30. The smallest absolute Gasteiger partial charge is 0.305 e. The molecule has 0 aliphatic rings. The summed E-state index contributed by atoms with van der Waals surface area (Å²) in [6, 6.07) is 0. The summed E-state index contributed by atoms with van der Waals surface area (Å²) in [7, 11) is 0. The molecule has 4 heteroatoms. The molecule has 0 N–H and O–H groups in total. The number of ether oxygens (including phenoxy) is 2. The maximum Gasteiger partial charge on any atom is 0.305 e. The minimum absolute atomic E-state index is 0.0507. The molecule has 0 aliphatic carbocycles. The van der Waals surface area contributed by atoms with Crippen molar-refractivity contribution in [3.8, 4) is 0 Å². The molecule has 0 rings (SSSR count). The van der Waals surface area contributed by atoms with Gasteiger partial charge in [0.1, 0.15) is 6.10 Å². The average Bonchev–Trinajstić information content (AvgIpc) is 2.43. The van der Waals surface area contributed by atoms with Gasteiger partial charge in [-0.15, -0.1) is 0 Å². The van der Waals surface area contributed by atoms with Gasteiger partial charge in [0, 0.05) is 18.8 Å². The summed E-state index contributed by atoms with van der Waals surface area (Å²) in [4.78, 5) is 23.0. The normalized spacial score (nSPS) is 14.1. The Morgan fingerprint density at radius 1 is 0.905 bits per heavy atom. The second-order valence-corrected chi connectivity index (χ2v) is 6.30. The molecular formula is C17H32O4. The standard InChI is InChI=1S/C17H32O4/c1-7-16(18)20-11-14(13(5)6)15(10-9-12(3)4)21-17(19)8-2/h12-15H,7-11H2,1-6H3. The molecule has 0 amide bonds. The van der Waals surface area contributed by atoms with Crippen molar-refractivity contribution < 1.29 is 19.1 Å². The zero-order valence-electron chi connectivity index (χ0n) is 14.5. The Labute approximate surface area is 129 Å². The zero-order valence-corrected chi connectivity index (χ0v) is 14.5. The van der Waals surface area contributed by atoms with E-state index in [-0.39, 0.29) is 29.9 Å². The van der Waals surface area contributed by atoms with Crippen LogP contribution in [-0.4, -0.2) is 24.6 Å². The quantitative estimate of drug-likeness (QED) is 0.573. The van der Waals surface area contributed by atoms with E-state index in [1.54, 1.807) is 13.8 Å². The lowest BCUT2D eigenvalue weighted by molar-refractivity contribution is -0.157. The van der Waals surface area contributed by atoms with Crippen LogP contribution in [0.15, 0.2) is 0 Å². The summed E-state index contributed by atoms with van der Waals surface area (Å²) in [5.41, 5.74) is 0. The van der Waals surface area contributed by atoms with Crippen LogP contribution < -0.4 is 0 Å². The van der Waals surface area contributed by atoms with E-state index in [0.29, 0.717) is 25.4 Å². The topological polar surface area (TPSA) is 52.6 Å². The number of hydrogen-bond acceptors (Lipinski definition) is 4. The highest BCUT2D eigenvalue weighted by Crippen LogP contribution is 2.24. The summed E-state index contributed by atoms with van der Waals surface area (Å²) in [5, 5.41) is 0. The molecule has 0 aliphatic heterocycles. The second-order valence-electron chi connectivity index (χ2n) is 6.30. The average molecular weight is 300 g/mol. The fourth-order valence-electron chi connectivity index (χ4n) is 2.13. The fourth-order valence-corrected chi connectivity index (χ4v) is 2.13. The molecule has 2 atom stereocenters. The summed E-state index contributed by atoms with van der Waals surface area (Å²) in [6.07, 6.45) is 2.38. The first kappa shape index (κ1) is 19.9. The molecule has 0 saturated heterocycles. The van der Waals surface area contributed by atoms with E-state index in [1.165, 1.54) is 0 Å². The van der Waals surface area contributed by atoms with E-state index in [9.17, 15) is 9.59 Å². The number of carbonyl (C=O) groups is 2. The van der Waals surface area contributed by atoms with Crippen LogP contribution in [0.1, 0.15) is 67.2 Å². The van der Waals surface area contributed by atoms with Crippen LogP contribution in [0.5, 0.6) is 0 Å². The van der Waals surface area contributed by atoms with Crippen molar-refractivity contribution in [2.75, 3.05) is 6.61 Å². The van der Waals surface area contributed by atoms with Crippen molar-refractivity contribution in [3.05, 3.63) is 0 Å². The van der Waals surface area contributed by atoms with Gasteiger partial charge in [-0.3, -0.25) is 9.59 Å². The molecule has 124 valence electrons. The molecular weight excluding hydrogens is 268 g/mol. The summed E-state index contributed by atoms with van der Waals surface area (Å²) in [5.74, 6) is 0.506. The predicted octanol–water partition coefficient (Wildman–Crippen LogP) is 3.97. The van der Waals surface area contributed by atoms with Gasteiger partial charge in [-0.25, -0.2) is 0 Å². The van der Waals surface area contributed by atoms with Crippen LogP contribution in [0.25, 0.3) is 0 Å². The Bertz CT molecular complexity index is 310. The van der Waals surface area contributed by atoms with E-state index in [4.69, 9.17) is 9.47 Å². The highest BCUT2D eigenvalue weighted by atomic mass is 16.6. The third kappa shape index (κ3) is 8.74. The Kier molecular flexibility index (Phi) is 10.1. The third-order valence-electron chi connectivity index (χ3n) is 3.66. The van der Waals surface area contributed by atoms with Crippen molar-refractivity contribution in [1.82, 2.24) is 0 Å². The Balaban J connectivity index is 4.81. The van der Waals surface area contributed by atoms with Crippen LogP contribution >= 0.6 is 0 Å². The molecule has 4 nitrogen and oxygen atoms in total. The van der Waals surface area contributed by atoms with Crippen molar-refractivity contribution in [3.63, 3.8) is 0 Å². The molecule has 0 radical (unpaired) electrons. The third-order valence-corrected chi connectivity index (χ3v) is 3.66. The summed E-state index contributed by atoms with van der Waals surface area (Å²) in [6.45, 7) is 12.4. The van der Waals surface area contributed by atoms with Gasteiger partial charge >= 0.3 is 11.9 Å². The largest absolute Gasteiger partial charge is 0.465 e. The first-order valence-corrected chi connectivity index (χ1v) is 8.16. The van der Waals surface area contributed by atoms with Gasteiger partial charge in [0.2, 0.25) is 0 Å². The van der Waals surface area contributed by atoms with Gasteiger partial charge < -0.3 is 9.47 Å². The van der Waals surface area contributed by atoms with E-state index in [0.717, 1.165) is 12.8 Å². The molecule has 2 unspecified atom stereocenters. The van der Waals surface area contributed by atoms with Gasteiger partial charge in [-0.2, -0.15) is 0 Å². The minimum atomic E-state index is -0.204. The van der Waals surface area contributed by atoms with E-state index < -0.39 is 0 Å². The van der Waals surface area contributed by atoms with Crippen LogP contribution in [0.2, 0.25) is 0 Å². The molecule has 0 heterocycles. The minimum Gasteiger partial charge on any atom is -0.465 e. The molecule has 0 bridgehead atoms. The molecule has 0 aromatic rings. The van der Waals surface area contributed by atoms with Gasteiger partial charge in [-0.1, -0.05) is 41.5 Å². The van der Waals surface area contributed by atoms with Gasteiger partial charge in [0.05, 0.1) is 6.61 Å². The lowest BCUT2D eigenvalue weighted by atomic mass is 9.87. The van der Waals surface area contributed by atoms with Crippen LogP contribution in [0, 0.1) is 17.8 Å². The molecule has 0 spiro atoms. The monoisotopic (exact) mass is 300 g/mol. The second kappa shape index (κ2) is 10.6. The number of hydrogen-bond donors (Lipinski definition) is 0.